The minimum absolute atomic E-state index is 0.0632. The Labute approximate surface area is 119 Å². The van der Waals surface area contributed by atoms with Crippen LogP contribution in [0.15, 0.2) is 0 Å². The van der Waals surface area contributed by atoms with Crippen LogP contribution in [0.5, 0.6) is 0 Å². The number of morpholine rings is 1. The fourth-order valence-corrected chi connectivity index (χ4v) is 2.45. The average Bonchev–Trinajstić information content (AvgIpc) is 2.49. The quantitative estimate of drug-likeness (QED) is 0.745. The lowest BCUT2D eigenvalue weighted by Gasteiger charge is -2.32. The topological polar surface area (TPSA) is 79.9 Å². The zero-order valence-corrected chi connectivity index (χ0v) is 11.9. The Bertz CT molecular complexity index is 337. The molecule has 1 unspecified atom stereocenters. The van der Waals surface area contributed by atoms with Crippen LogP contribution >= 0.6 is 0 Å². The number of hydrogen-bond donors (Lipinski definition) is 2. The highest BCUT2D eigenvalue weighted by Gasteiger charge is 2.28. The van der Waals surface area contributed by atoms with Gasteiger partial charge in [0.1, 0.15) is 6.10 Å². The van der Waals surface area contributed by atoms with Crippen LogP contribution in [0, 0.1) is 0 Å². The number of hydrogen-bond acceptors (Lipinski definition) is 5. The maximum atomic E-state index is 12.0. The van der Waals surface area contributed by atoms with E-state index in [0.717, 1.165) is 19.4 Å². The van der Waals surface area contributed by atoms with E-state index in [-0.39, 0.29) is 18.0 Å². The molecular formula is C13H23N3O4. The van der Waals surface area contributed by atoms with Gasteiger partial charge in [-0.1, -0.05) is 0 Å². The van der Waals surface area contributed by atoms with Crippen molar-refractivity contribution in [3.8, 4) is 0 Å². The molecule has 2 N–H and O–H groups in total. The fraction of sp³-hybridized carbons (Fsp3) is 0.846. The minimum atomic E-state index is -0.396. The molecule has 0 radical (unpaired) electrons. The van der Waals surface area contributed by atoms with Crippen molar-refractivity contribution in [2.24, 2.45) is 0 Å². The zero-order valence-electron chi connectivity index (χ0n) is 11.9. The van der Waals surface area contributed by atoms with Crippen molar-refractivity contribution in [3.05, 3.63) is 0 Å². The van der Waals surface area contributed by atoms with E-state index in [4.69, 9.17) is 9.47 Å². The van der Waals surface area contributed by atoms with Crippen LogP contribution in [0.4, 0.5) is 4.79 Å². The minimum Gasteiger partial charge on any atom is -0.450 e. The van der Waals surface area contributed by atoms with Crippen molar-refractivity contribution in [1.82, 2.24) is 15.5 Å². The van der Waals surface area contributed by atoms with Crippen molar-refractivity contribution in [2.75, 3.05) is 39.4 Å². The Morgan fingerprint density at radius 3 is 2.75 bits per heavy atom. The van der Waals surface area contributed by atoms with Gasteiger partial charge in [0.25, 0.3) is 5.91 Å². The lowest BCUT2D eigenvalue weighted by Crippen LogP contribution is -2.53. The number of piperidine rings is 1. The van der Waals surface area contributed by atoms with Gasteiger partial charge in [0.15, 0.2) is 0 Å². The molecule has 20 heavy (non-hydrogen) atoms. The summed E-state index contributed by atoms with van der Waals surface area (Å²) in [5.74, 6) is -0.0632. The third-order valence-corrected chi connectivity index (χ3v) is 3.59. The van der Waals surface area contributed by atoms with Gasteiger partial charge >= 0.3 is 6.09 Å². The van der Waals surface area contributed by atoms with Crippen LogP contribution in [-0.2, 0) is 14.3 Å². The van der Waals surface area contributed by atoms with Crippen LogP contribution in [0.25, 0.3) is 0 Å². The molecule has 7 heteroatoms. The number of nitrogens with one attached hydrogen (secondary N) is 2. The summed E-state index contributed by atoms with van der Waals surface area (Å²) in [6.07, 6.45) is 0.846. The Morgan fingerprint density at radius 1 is 1.40 bits per heavy atom. The monoisotopic (exact) mass is 285 g/mol. The van der Waals surface area contributed by atoms with Crippen molar-refractivity contribution >= 4 is 12.0 Å². The van der Waals surface area contributed by atoms with Gasteiger partial charge in [-0.15, -0.1) is 0 Å². The van der Waals surface area contributed by atoms with E-state index < -0.39 is 6.10 Å². The molecule has 0 bridgehead atoms. The average molecular weight is 285 g/mol. The first-order chi connectivity index (χ1) is 9.70. The predicted molar refractivity (Wildman–Crippen MR) is 72.4 cm³/mol. The molecule has 1 atom stereocenters. The molecule has 0 aromatic heterocycles. The molecule has 7 nitrogen and oxygen atoms in total. The normalized spacial score (nSPS) is 24.2. The Kier molecular flexibility index (Phi) is 5.60. The second-order valence-corrected chi connectivity index (χ2v) is 5.03. The smallest absolute Gasteiger partial charge is 0.409 e. The number of rotatable bonds is 3. The third-order valence-electron chi connectivity index (χ3n) is 3.59. The SMILES string of the molecule is CCOC(=O)N1CCC(NC(=O)C2CNCCO2)CC1. The summed E-state index contributed by atoms with van der Waals surface area (Å²) in [4.78, 5) is 25.3. The van der Waals surface area contributed by atoms with Crippen molar-refractivity contribution in [2.45, 2.75) is 31.9 Å². The first kappa shape index (κ1) is 15.1. The van der Waals surface area contributed by atoms with Gasteiger partial charge in [0.05, 0.1) is 13.2 Å². The van der Waals surface area contributed by atoms with E-state index in [1.807, 2.05) is 0 Å². The number of carbonyl (C=O) groups excluding carboxylic acids is 2. The van der Waals surface area contributed by atoms with E-state index >= 15 is 0 Å². The second kappa shape index (κ2) is 7.44. The molecule has 2 amide bonds. The number of likely N-dealkylation sites (tertiary alicyclic amines) is 1. The maximum absolute atomic E-state index is 12.0. The molecule has 114 valence electrons. The van der Waals surface area contributed by atoms with E-state index in [1.54, 1.807) is 11.8 Å². The standard InChI is InChI=1S/C13H23N3O4/c1-2-19-13(18)16-6-3-10(4-7-16)15-12(17)11-9-14-5-8-20-11/h10-11,14H,2-9H2,1H3,(H,15,17). The largest absolute Gasteiger partial charge is 0.450 e. The van der Waals surface area contributed by atoms with Crippen LogP contribution in [0.1, 0.15) is 19.8 Å². The summed E-state index contributed by atoms with van der Waals surface area (Å²) in [5, 5.41) is 6.13. The van der Waals surface area contributed by atoms with Crippen LogP contribution < -0.4 is 10.6 Å². The summed E-state index contributed by atoms with van der Waals surface area (Å²) in [7, 11) is 0. The summed E-state index contributed by atoms with van der Waals surface area (Å²) in [6, 6.07) is 0.110. The van der Waals surface area contributed by atoms with Gasteiger partial charge in [0, 0.05) is 32.2 Å². The van der Waals surface area contributed by atoms with E-state index in [1.165, 1.54) is 0 Å². The van der Waals surface area contributed by atoms with Crippen LogP contribution in [0.2, 0.25) is 0 Å². The van der Waals surface area contributed by atoms with Gasteiger partial charge in [0.2, 0.25) is 0 Å². The molecule has 2 aliphatic heterocycles. The van der Waals surface area contributed by atoms with Gasteiger partial charge in [-0.05, 0) is 19.8 Å². The van der Waals surface area contributed by atoms with Crippen molar-refractivity contribution in [1.29, 1.82) is 0 Å². The highest BCUT2D eigenvalue weighted by Crippen LogP contribution is 2.12. The number of amides is 2. The molecule has 2 heterocycles. The van der Waals surface area contributed by atoms with Crippen molar-refractivity contribution in [3.63, 3.8) is 0 Å². The zero-order chi connectivity index (χ0) is 14.4. The molecule has 2 fully saturated rings. The maximum Gasteiger partial charge on any atom is 0.409 e. The second-order valence-electron chi connectivity index (χ2n) is 5.03. The summed E-state index contributed by atoms with van der Waals surface area (Å²) < 4.78 is 10.4. The highest BCUT2D eigenvalue weighted by atomic mass is 16.6. The molecule has 0 aromatic rings. The lowest BCUT2D eigenvalue weighted by atomic mass is 10.0. The van der Waals surface area contributed by atoms with E-state index in [2.05, 4.69) is 10.6 Å². The molecule has 0 aliphatic carbocycles. The molecule has 0 saturated carbocycles. The summed E-state index contributed by atoms with van der Waals surface area (Å²) >= 11 is 0. The molecule has 2 rings (SSSR count). The molecule has 2 saturated heterocycles. The summed E-state index contributed by atoms with van der Waals surface area (Å²) in [5.41, 5.74) is 0. The van der Waals surface area contributed by atoms with Gasteiger partial charge in [-0.3, -0.25) is 4.79 Å². The van der Waals surface area contributed by atoms with E-state index in [0.29, 0.717) is 32.8 Å². The molecular weight excluding hydrogens is 262 g/mol. The number of nitrogens with zero attached hydrogens (tertiary/aromatic N) is 1. The molecule has 2 aliphatic rings. The number of ether oxygens (including phenoxy) is 2. The van der Waals surface area contributed by atoms with Gasteiger partial charge < -0.3 is 25.0 Å². The highest BCUT2D eigenvalue weighted by molar-refractivity contribution is 5.81. The first-order valence-electron chi connectivity index (χ1n) is 7.25. The molecule has 0 aromatic carbocycles. The predicted octanol–water partition coefficient (Wildman–Crippen LogP) is -0.288. The van der Waals surface area contributed by atoms with Crippen molar-refractivity contribution < 1.29 is 19.1 Å². The Hall–Kier alpha value is -1.34. The fourth-order valence-electron chi connectivity index (χ4n) is 2.45. The van der Waals surface area contributed by atoms with Gasteiger partial charge in [-0.2, -0.15) is 0 Å². The van der Waals surface area contributed by atoms with Crippen LogP contribution in [-0.4, -0.2) is 68.4 Å². The summed E-state index contributed by atoms with van der Waals surface area (Å²) in [6.45, 7) is 5.35. The Balaban J connectivity index is 1.71. The third kappa shape index (κ3) is 4.08. The Morgan fingerprint density at radius 2 is 2.15 bits per heavy atom. The molecule has 0 spiro atoms. The lowest BCUT2D eigenvalue weighted by molar-refractivity contribution is -0.135. The van der Waals surface area contributed by atoms with E-state index in [9.17, 15) is 9.59 Å². The first-order valence-corrected chi connectivity index (χ1v) is 7.25. The van der Waals surface area contributed by atoms with Crippen LogP contribution in [0.3, 0.4) is 0 Å². The van der Waals surface area contributed by atoms with Gasteiger partial charge in [-0.25, -0.2) is 4.79 Å². The number of carbonyl (C=O) groups is 2.